The highest BCUT2D eigenvalue weighted by Gasteiger charge is 2.45. The first-order chi connectivity index (χ1) is 9.63. The molecule has 110 valence electrons. The minimum Gasteiger partial charge on any atom is -0.497 e. The molecule has 1 aromatic carbocycles. The Morgan fingerprint density at radius 1 is 1.45 bits per heavy atom. The molecule has 2 unspecified atom stereocenters. The molecule has 1 aliphatic rings. The number of hydrogen-bond acceptors (Lipinski definition) is 4. The van der Waals surface area contributed by atoms with Gasteiger partial charge in [-0.3, -0.25) is 0 Å². The fourth-order valence-electron chi connectivity index (χ4n) is 3.02. The minimum absolute atomic E-state index is 0.170. The fourth-order valence-corrected chi connectivity index (χ4v) is 3.02. The molecule has 1 N–H and O–H groups in total. The Hall–Kier alpha value is -1.71. The number of anilines is 1. The molecule has 0 aromatic heterocycles. The number of rotatable bonds is 5. The molecule has 0 bridgehead atoms. The highest BCUT2D eigenvalue weighted by atomic mass is 16.5. The zero-order valence-corrected chi connectivity index (χ0v) is 12.4. The number of ether oxygens (including phenoxy) is 2. The standard InChI is InChI=1S/C16H23NO3/c1-4-12-8-9-16(11-12,15(18)20-3)17-13-6-5-7-14(10-13)19-2/h5-7,10,12,17H,4,8-9,11H2,1-3H3. The number of esters is 1. The Balaban J connectivity index is 2.22. The predicted molar refractivity (Wildman–Crippen MR) is 79.0 cm³/mol. The molecular weight excluding hydrogens is 254 g/mol. The lowest BCUT2D eigenvalue weighted by molar-refractivity contribution is -0.145. The molecule has 1 fully saturated rings. The largest absolute Gasteiger partial charge is 0.497 e. The molecular formula is C16H23NO3. The van der Waals surface area contributed by atoms with E-state index >= 15 is 0 Å². The van der Waals surface area contributed by atoms with Gasteiger partial charge in [0.05, 0.1) is 14.2 Å². The van der Waals surface area contributed by atoms with Gasteiger partial charge in [0.2, 0.25) is 0 Å². The van der Waals surface area contributed by atoms with Crippen molar-refractivity contribution in [3.05, 3.63) is 24.3 Å². The molecule has 2 rings (SSSR count). The second-order valence-electron chi connectivity index (χ2n) is 5.45. The molecule has 4 nitrogen and oxygen atoms in total. The second-order valence-corrected chi connectivity index (χ2v) is 5.45. The summed E-state index contributed by atoms with van der Waals surface area (Å²) in [6.45, 7) is 2.17. The molecule has 1 aromatic rings. The third kappa shape index (κ3) is 2.89. The number of carbonyl (C=O) groups excluding carboxylic acids is 1. The lowest BCUT2D eigenvalue weighted by Gasteiger charge is -2.29. The first-order valence-electron chi connectivity index (χ1n) is 7.14. The molecule has 0 saturated heterocycles. The molecule has 2 atom stereocenters. The van der Waals surface area contributed by atoms with E-state index < -0.39 is 5.54 Å². The van der Waals surface area contributed by atoms with Gasteiger partial charge in [-0.25, -0.2) is 4.79 Å². The summed E-state index contributed by atoms with van der Waals surface area (Å²) < 4.78 is 10.3. The molecule has 0 aliphatic heterocycles. The quantitative estimate of drug-likeness (QED) is 0.839. The molecule has 0 amide bonds. The van der Waals surface area contributed by atoms with Crippen LogP contribution in [0, 0.1) is 5.92 Å². The predicted octanol–water partition coefficient (Wildman–Crippen LogP) is 3.23. The third-order valence-corrected chi connectivity index (χ3v) is 4.22. The third-order valence-electron chi connectivity index (χ3n) is 4.22. The summed E-state index contributed by atoms with van der Waals surface area (Å²) in [7, 11) is 3.09. The highest BCUT2D eigenvalue weighted by Crippen LogP contribution is 2.40. The SMILES string of the molecule is CCC1CCC(Nc2cccc(OC)c2)(C(=O)OC)C1. The topological polar surface area (TPSA) is 47.6 Å². The normalized spacial score (nSPS) is 25.2. The van der Waals surface area contributed by atoms with Crippen LogP contribution in [-0.2, 0) is 9.53 Å². The molecule has 4 heteroatoms. The Kier molecular flexibility index (Phi) is 4.53. The maximum atomic E-state index is 12.2. The van der Waals surface area contributed by atoms with Gasteiger partial charge in [-0.15, -0.1) is 0 Å². The van der Waals surface area contributed by atoms with E-state index in [2.05, 4.69) is 12.2 Å². The van der Waals surface area contributed by atoms with Crippen molar-refractivity contribution in [1.29, 1.82) is 0 Å². The van der Waals surface area contributed by atoms with Crippen LogP contribution in [0.5, 0.6) is 5.75 Å². The maximum absolute atomic E-state index is 12.2. The summed E-state index contributed by atoms with van der Waals surface area (Å²) in [5.74, 6) is 1.18. The molecule has 1 saturated carbocycles. The zero-order chi connectivity index (χ0) is 14.6. The van der Waals surface area contributed by atoms with E-state index in [4.69, 9.17) is 9.47 Å². The molecule has 0 heterocycles. The van der Waals surface area contributed by atoms with Gasteiger partial charge in [-0.1, -0.05) is 19.4 Å². The van der Waals surface area contributed by atoms with E-state index in [1.165, 1.54) is 7.11 Å². The van der Waals surface area contributed by atoms with E-state index in [0.717, 1.165) is 37.1 Å². The van der Waals surface area contributed by atoms with Crippen LogP contribution in [0.1, 0.15) is 32.6 Å². The van der Waals surface area contributed by atoms with Crippen molar-refractivity contribution in [2.75, 3.05) is 19.5 Å². The van der Waals surface area contributed by atoms with Crippen LogP contribution in [0.25, 0.3) is 0 Å². The average molecular weight is 277 g/mol. The van der Waals surface area contributed by atoms with Crippen molar-refractivity contribution in [3.63, 3.8) is 0 Å². The number of benzene rings is 1. The smallest absolute Gasteiger partial charge is 0.331 e. The second kappa shape index (κ2) is 6.16. The Bertz CT molecular complexity index is 475. The summed E-state index contributed by atoms with van der Waals surface area (Å²) in [5, 5.41) is 3.39. The fraction of sp³-hybridized carbons (Fsp3) is 0.562. The number of methoxy groups -OCH3 is 2. The first kappa shape index (κ1) is 14.7. The van der Waals surface area contributed by atoms with E-state index in [1.54, 1.807) is 7.11 Å². The van der Waals surface area contributed by atoms with Crippen molar-refractivity contribution in [2.24, 2.45) is 5.92 Å². The van der Waals surface area contributed by atoms with Gasteiger partial charge in [-0.2, -0.15) is 0 Å². The van der Waals surface area contributed by atoms with Crippen LogP contribution in [0.4, 0.5) is 5.69 Å². The van der Waals surface area contributed by atoms with E-state index in [1.807, 2.05) is 24.3 Å². The van der Waals surface area contributed by atoms with Gasteiger partial charge >= 0.3 is 5.97 Å². The van der Waals surface area contributed by atoms with Crippen molar-refractivity contribution < 1.29 is 14.3 Å². The average Bonchev–Trinajstić information content (AvgIpc) is 2.91. The van der Waals surface area contributed by atoms with E-state index in [9.17, 15) is 4.79 Å². The van der Waals surface area contributed by atoms with Gasteiger partial charge < -0.3 is 14.8 Å². The van der Waals surface area contributed by atoms with E-state index in [0.29, 0.717) is 5.92 Å². The van der Waals surface area contributed by atoms with E-state index in [-0.39, 0.29) is 5.97 Å². The van der Waals surface area contributed by atoms with Crippen LogP contribution in [0.3, 0.4) is 0 Å². The zero-order valence-electron chi connectivity index (χ0n) is 12.4. The molecule has 1 aliphatic carbocycles. The maximum Gasteiger partial charge on any atom is 0.331 e. The molecule has 20 heavy (non-hydrogen) atoms. The summed E-state index contributed by atoms with van der Waals surface area (Å²) in [4.78, 5) is 12.2. The number of carbonyl (C=O) groups is 1. The van der Waals surface area contributed by atoms with Crippen LogP contribution >= 0.6 is 0 Å². The van der Waals surface area contributed by atoms with Crippen molar-refractivity contribution in [2.45, 2.75) is 38.1 Å². The Morgan fingerprint density at radius 3 is 2.85 bits per heavy atom. The summed E-state index contributed by atoms with van der Waals surface area (Å²) in [5.41, 5.74) is 0.299. The van der Waals surface area contributed by atoms with Crippen LogP contribution in [-0.4, -0.2) is 25.7 Å². The minimum atomic E-state index is -0.595. The molecule has 0 spiro atoms. The molecule has 0 radical (unpaired) electrons. The van der Waals surface area contributed by atoms with Gasteiger partial charge in [0, 0.05) is 11.8 Å². The van der Waals surface area contributed by atoms with Crippen molar-refractivity contribution >= 4 is 11.7 Å². The number of nitrogens with one attached hydrogen (secondary N) is 1. The highest BCUT2D eigenvalue weighted by molar-refractivity contribution is 5.85. The Morgan fingerprint density at radius 2 is 2.25 bits per heavy atom. The van der Waals surface area contributed by atoms with Gasteiger partial charge in [0.15, 0.2) is 0 Å². The van der Waals surface area contributed by atoms with Crippen molar-refractivity contribution in [1.82, 2.24) is 0 Å². The monoisotopic (exact) mass is 277 g/mol. The van der Waals surface area contributed by atoms with Gasteiger partial charge in [0.25, 0.3) is 0 Å². The Labute approximate surface area is 120 Å². The van der Waals surface area contributed by atoms with Gasteiger partial charge in [-0.05, 0) is 37.3 Å². The summed E-state index contributed by atoms with van der Waals surface area (Å²) >= 11 is 0. The van der Waals surface area contributed by atoms with Gasteiger partial charge in [0.1, 0.15) is 11.3 Å². The first-order valence-corrected chi connectivity index (χ1v) is 7.14. The summed E-state index contributed by atoms with van der Waals surface area (Å²) in [6, 6.07) is 7.66. The van der Waals surface area contributed by atoms with Crippen LogP contribution in [0.15, 0.2) is 24.3 Å². The lowest BCUT2D eigenvalue weighted by atomic mass is 9.94. The summed E-state index contributed by atoms with van der Waals surface area (Å²) in [6.07, 6.45) is 3.80. The number of hydrogen-bond donors (Lipinski definition) is 1. The van der Waals surface area contributed by atoms with Crippen LogP contribution in [0.2, 0.25) is 0 Å². The van der Waals surface area contributed by atoms with Crippen molar-refractivity contribution in [3.8, 4) is 5.75 Å². The van der Waals surface area contributed by atoms with Crippen LogP contribution < -0.4 is 10.1 Å². The lowest BCUT2D eigenvalue weighted by Crippen LogP contribution is -2.45.